The van der Waals surface area contributed by atoms with Gasteiger partial charge < -0.3 is 19.9 Å². The van der Waals surface area contributed by atoms with Crippen LogP contribution in [0.3, 0.4) is 0 Å². The van der Waals surface area contributed by atoms with Gasteiger partial charge in [0.25, 0.3) is 0 Å². The van der Waals surface area contributed by atoms with Gasteiger partial charge in [0.1, 0.15) is 17.2 Å². The molecular formula is C28H35FN8O. The molecule has 0 spiro atoms. The van der Waals surface area contributed by atoms with Gasteiger partial charge in [0.05, 0.1) is 5.69 Å². The highest BCUT2D eigenvalue weighted by Crippen LogP contribution is 2.38. The summed E-state index contributed by atoms with van der Waals surface area (Å²) < 4.78 is 22.5. The van der Waals surface area contributed by atoms with E-state index in [1.54, 1.807) is 10.7 Å². The predicted molar refractivity (Wildman–Crippen MR) is 146 cm³/mol. The van der Waals surface area contributed by atoms with Crippen LogP contribution < -0.4 is 10.2 Å². The van der Waals surface area contributed by atoms with Crippen molar-refractivity contribution in [2.45, 2.75) is 52.1 Å². The maximum atomic E-state index is 15.3. The van der Waals surface area contributed by atoms with Gasteiger partial charge in [0.2, 0.25) is 12.2 Å². The first-order valence-corrected chi connectivity index (χ1v) is 13.3. The fraction of sp³-hybridized carbons (Fsp3) is 0.500. The largest absolute Gasteiger partial charge is 0.381 e. The number of anilines is 1. The molecule has 2 aliphatic heterocycles. The molecule has 1 atom stereocenters. The van der Waals surface area contributed by atoms with E-state index in [1.165, 1.54) is 0 Å². The van der Waals surface area contributed by atoms with Crippen molar-refractivity contribution in [2.24, 2.45) is 12.0 Å². The zero-order valence-corrected chi connectivity index (χ0v) is 22.5. The van der Waals surface area contributed by atoms with Gasteiger partial charge in [-0.25, -0.2) is 9.37 Å². The standard InChI is InChI=1S/C28H35FN8O/c1-5-20-14-22-19(3)25(24-6-9-35(4)34-24)27(33-26(22)23(29)15-20)37-11-10-36(16-18(37)2)28(31-17-30)32-21-7-12-38-13-8-21/h6,9,14-15,18,21H,5,7-8,10-13,16H2,1-4H3,(H,31,32)/t18-/m1/s1. The molecule has 0 unspecified atom stereocenters. The van der Waals surface area contributed by atoms with Gasteiger partial charge in [-0.05, 0) is 62.4 Å². The Kier molecular flexibility index (Phi) is 7.47. The van der Waals surface area contributed by atoms with Crippen LogP contribution in [0.2, 0.25) is 0 Å². The second kappa shape index (κ2) is 11.0. The lowest BCUT2D eigenvalue weighted by atomic mass is 9.98. The number of pyridine rings is 1. The molecule has 0 aliphatic carbocycles. The van der Waals surface area contributed by atoms with Gasteiger partial charge in [-0.3, -0.25) is 4.68 Å². The number of fused-ring (bicyclic) bond motifs is 1. The van der Waals surface area contributed by atoms with Crippen LogP contribution in [-0.2, 0) is 18.2 Å². The summed E-state index contributed by atoms with van der Waals surface area (Å²) in [7, 11) is 1.89. The van der Waals surface area contributed by atoms with Crippen LogP contribution in [0.1, 0.15) is 37.8 Å². The number of guanidine groups is 1. The van der Waals surface area contributed by atoms with E-state index in [-0.39, 0.29) is 17.9 Å². The number of hydrogen-bond donors (Lipinski definition) is 1. The SMILES string of the molecule is CCc1cc(F)c2nc(N3CCN(/C(=N/C#N)NC4CCOCC4)C[C@H]3C)c(-c3ccn(C)n3)c(C)c2c1. The highest BCUT2D eigenvalue weighted by Gasteiger charge is 2.31. The number of ether oxygens (including phenoxy) is 1. The third-order valence-corrected chi connectivity index (χ3v) is 7.63. The van der Waals surface area contributed by atoms with Crippen LogP contribution in [0.15, 0.2) is 29.4 Å². The Labute approximate surface area is 222 Å². The van der Waals surface area contributed by atoms with E-state index in [0.29, 0.717) is 44.3 Å². The van der Waals surface area contributed by atoms with Gasteiger partial charge in [-0.1, -0.05) is 6.92 Å². The Bertz CT molecular complexity index is 1390. The molecule has 0 bridgehead atoms. The first kappa shape index (κ1) is 25.9. The van der Waals surface area contributed by atoms with Crippen molar-refractivity contribution in [3.8, 4) is 17.5 Å². The number of rotatable bonds is 4. The summed E-state index contributed by atoms with van der Waals surface area (Å²) in [6.07, 6.45) is 6.41. The smallest absolute Gasteiger partial charge is 0.210 e. The molecule has 5 rings (SSSR count). The van der Waals surface area contributed by atoms with Crippen LogP contribution in [-0.4, -0.2) is 70.6 Å². The Morgan fingerprint density at radius 3 is 2.74 bits per heavy atom. The lowest BCUT2D eigenvalue weighted by molar-refractivity contribution is 0.0814. The average molecular weight is 519 g/mol. The van der Waals surface area contributed by atoms with Gasteiger partial charge >= 0.3 is 0 Å². The summed E-state index contributed by atoms with van der Waals surface area (Å²) in [5, 5.41) is 18.3. The molecule has 0 radical (unpaired) electrons. The van der Waals surface area contributed by atoms with Crippen molar-refractivity contribution < 1.29 is 9.13 Å². The lowest BCUT2D eigenvalue weighted by Gasteiger charge is -2.43. The second-order valence-corrected chi connectivity index (χ2v) is 10.2. The summed E-state index contributed by atoms with van der Waals surface area (Å²) in [5.41, 5.74) is 4.05. The average Bonchev–Trinajstić information content (AvgIpc) is 3.34. The molecule has 200 valence electrons. The molecule has 38 heavy (non-hydrogen) atoms. The van der Waals surface area contributed by atoms with Crippen molar-refractivity contribution >= 4 is 22.7 Å². The van der Waals surface area contributed by atoms with E-state index in [4.69, 9.17) is 14.8 Å². The molecule has 9 nitrogen and oxygen atoms in total. The van der Waals surface area contributed by atoms with Crippen LogP contribution in [0.4, 0.5) is 10.2 Å². The molecule has 2 saturated heterocycles. The topological polar surface area (TPSA) is 94.6 Å². The zero-order valence-electron chi connectivity index (χ0n) is 22.5. The van der Waals surface area contributed by atoms with Crippen LogP contribution in [0.5, 0.6) is 0 Å². The van der Waals surface area contributed by atoms with Crippen molar-refractivity contribution in [1.82, 2.24) is 25.0 Å². The number of nitriles is 1. The van der Waals surface area contributed by atoms with Gasteiger partial charge in [-0.2, -0.15) is 10.4 Å². The number of nitrogens with zero attached hydrogens (tertiary/aromatic N) is 7. The lowest BCUT2D eigenvalue weighted by Crippen LogP contribution is -2.58. The molecule has 0 saturated carbocycles. The molecule has 1 N–H and O–H groups in total. The summed E-state index contributed by atoms with van der Waals surface area (Å²) in [6, 6.07) is 5.89. The first-order valence-electron chi connectivity index (χ1n) is 13.3. The van der Waals surface area contributed by atoms with Crippen molar-refractivity contribution in [3.63, 3.8) is 0 Å². The highest BCUT2D eigenvalue weighted by molar-refractivity contribution is 5.94. The van der Waals surface area contributed by atoms with E-state index in [2.05, 4.69) is 27.0 Å². The highest BCUT2D eigenvalue weighted by atomic mass is 19.1. The fourth-order valence-electron chi connectivity index (χ4n) is 5.52. The molecule has 2 fully saturated rings. The number of aryl methyl sites for hydroxylation is 3. The number of aromatic nitrogens is 3. The molecule has 1 aromatic carbocycles. The maximum absolute atomic E-state index is 15.3. The van der Waals surface area contributed by atoms with E-state index < -0.39 is 0 Å². The molecule has 2 aliphatic rings. The molecule has 2 aromatic heterocycles. The Hall–Kier alpha value is -3.71. The van der Waals surface area contributed by atoms with Crippen LogP contribution in [0, 0.1) is 24.2 Å². The second-order valence-electron chi connectivity index (χ2n) is 10.2. The zero-order chi connectivity index (χ0) is 26.8. The summed E-state index contributed by atoms with van der Waals surface area (Å²) >= 11 is 0. The minimum atomic E-state index is -0.299. The number of piperazine rings is 1. The molecule has 4 heterocycles. The van der Waals surface area contributed by atoms with Crippen molar-refractivity contribution in [2.75, 3.05) is 37.7 Å². The number of benzene rings is 1. The first-order chi connectivity index (χ1) is 18.4. The quantitative estimate of drug-likeness (QED) is 0.319. The number of halogens is 1. The van der Waals surface area contributed by atoms with E-state index in [0.717, 1.165) is 52.9 Å². The van der Waals surface area contributed by atoms with Crippen LogP contribution in [0.25, 0.3) is 22.2 Å². The number of hydrogen-bond acceptors (Lipinski definition) is 6. The Morgan fingerprint density at radius 1 is 1.29 bits per heavy atom. The molecule has 3 aromatic rings. The monoisotopic (exact) mass is 518 g/mol. The number of nitrogens with one attached hydrogen (secondary N) is 1. The third kappa shape index (κ3) is 5.03. The van der Waals surface area contributed by atoms with Crippen molar-refractivity contribution in [3.05, 3.63) is 41.3 Å². The minimum Gasteiger partial charge on any atom is -0.381 e. The maximum Gasteiger partial charge on any atom is 0.210 e. The summed E-state index contributed by atoms with van der Waals surface area (Å²) in [5.74, 6) is 1.04. The third-order valence-electron chi connectivity index (χ3n) is 7.63. The molecular weight excluding hydrogens is 483 g/mol. The van der Waals surface area contributed by atoms with Crippen molar-refractivity contribution in [1.29, 1.82) is 5.26 Å². The Balaban J connectivity index is 1.50. The predicted octanol–water partition coefficient (Wildman–Crippen LogP) is 3.76. The number of aliphatic imine (C=N–C) groups is 1. The van der Waals surface area contributed by atoms with E-state index in [9.17, 15) is 5.26 Å². The minimum absolute atomic E-state index is 0.0360. The normalized spacial score (nSPS) is 19.2. The summed E-state index contributed by atoms with van der Waals surface area (Å²) in [6.45, 7) is 9.56. The van der Waals surface area contributed by atoms with Gasteiger partial charge in [0.15, 0.2) is 0 Å². The van der Waals surface area contributed by atoms with E-state index >= 15 is 4.39 Å². The summed E-state index contributed by atoms with van der Waals surface area (Å²) in [4.78, 5) is 13.4. The van der Waals surface area contributed by atoms with Crippen LogP contribution >= 0.6 is 0 Å². The van der Waals surface area contributed by atoms with Gasteiger partial charge in [0, 0.05) is 69.1 Å². The molecule has 10 heteroatoms. The fourth-order valence-corrected chi connectivity index (χ4v) is 5.52. The van der Waals surface area contributed by atoms with Gasteiger partial charge in [-0.15, -0.1) is 4.99 Å². The molecule has 0 amide bonds. The van der Waals surface area contributed by atoms with E-state index in [1.807, 2.05) is 45.4 Å². The Morgan fingerprint density at radius 2 is 2.08 bits per heavy atom.